The Morgan fingerprint density at radius 1 is 1.12 bits per heavy atom. The predicted octanol–water partition coefficient (Wildman–Crippen LogP) is 1.82. The van der Waals surface area contributed by atoms with Gasteiger partial charge in [-0.15, -0.1) is 0 Å². The van der Waals surface area contributed by atoms with Crippen molar-refractivity contribution in [3.63, 3.8) is 0 Å². The zero-order chi connectivity index (χ0) is 6.78. The maximum absolute atomic E-state index is 5.81. The van der Waals surface area contributed by atoms with Crippen LogP contribution in [-0.4, -0.2) is 28.3 Å². The van der Waals surface area contributed by atoms with Gasteiger partial charge in [0.1, 0.15) is 0 Å². The molecule has 0 spiro atoms. The van der Waals surface area contributed by atoms with Crippen molar-refractivity contribution in [1.82, 2.24) is 0 Å². The van der Waals surface area contributed by atoms with Gasteiger partial charge in [-0.1, -0.05) is 0 Å². The van der Waals surface area contributed by atoms with Crippen molar-refractivity contribution < 1.29 is 2.79 Å². The van der Waals surface area contributed by atoms with Crippen LogP contribution in [0.4, 0.5) is 0 Å². The third-order valence-corrected chi connectivity index (χ3v) is 15.9. The first-order chi connectivity index (χ1) is 3.42. The molecule has 0 aromatic carbocycles. The summed E-state index contributed by atoms with van der Waals surface area (Å²) in [6, 6.07) is 0. The van der Waals surface area contributed by atoms with Crippen LogP contribution >= 0.6 is 0 Å². The third kappa shape index (κ3) is 7.05. The Kier molecular flexibility index (Phi) is 3.70. The van der Waals surface area contributed by atoms with Gasteiger partial charge < -0.3 is 0 Å². The molecule has 0 aromatic rings. The Balaban J connectivity index is 3.39. The Morgan fingerprint density at radius 3 is 1.50 bits per heavy atom. The van der Waals surface area contributed by atoms with E-state index in [0.717, 1.165) is 0 Å². The summed E-state index contributed by atoms with van der Waals surface area (Å²) in [7, 11) is 0. The number of rotatable bonds is 2. The molecule has 0 N–H and O–H groups in total. The average Bonchev–Trinajstić information content (AvgIpc) is 1.21. The molecule has 0 fully saturated rings. The van der Waals surface area contributed by atoms with E-state index in [1.807, 2.05) is 0 Å². The molecule has 0 atom stereocenters. The second-order valence-corrected chi connectivity index (χ2v) is 19.6. The molecule has 0 aliphatic carbocycles. The van der Waals surface area contributed by atoms with Crippen LogP contribution in [0.1, 0.15) is 0 Å². The fraction of sp³-hybridized carbons (Fsp3) is 1.00. The van der Waals surface area contributed by atoms with Gasteiger partial charge in [-0.05, 0) is 0 Å². The van der Waals surface area contributed by atoms with E-state index in [9.17, 15) is 0 Å². The Morgan fingerprint density at radius 2 is 1.50 bits per heavy atom. The summed E-state index contributed by atoms with van der Waals surface area (Å²) >= 11 is -2.68. The Labute approximate surface area is 60.0 Å². The SMILES string of the molecule is [CH3][GeH]([CH3])[O][Ge]([CH3])([CH3])[CH3]. The molecule has 0 aliphatic heterocycles. The molecule has 0 saturated heterocycles. The molecule has 0 rings (SSSR count). The zero-order valence-corrected chi connectivity index (χ0v) is 11.0. The minimum atomic E-state index is -1.57. The molecular formula is C5H16Ge2O. The molecule has 50 valence electrons. The van der Waals surface area contributed by atoms with Crippen LogP contribution in [0.15, 0.2) is 0 Å². The molecule has 3 heteroatoms. The van der Waals surface area contributed by atoms with Crippen LogP contribution in [0.5, 0.6) is 0 Å². The summed E-state index contributed by atoms with van der Waals surface area (Å²) < 4.78 is 5.81. The quantitative estimate of drug-likeness (QED) is 0.666. The standard InChI is InChI=1S/C5H16Ge2O/c1-6(2)8-7(3,4)5/h6H,1-5H3. The van der Waals surface area contributed by atoms with Gasteiger partial charge >= 0.3 is 59.9 Å². The third-order valence-electron chi connectivity index (χ3n) is 0.589. The van der Waals surface area contributed by atoms with Crippen molar-refractivity contribution in [2.75, 3.05) is 0 Å². The molecule has 0 amide bonds. The molecule has 8 heavy (non-hydrogen) atoms. The summed E-state index contributed by atoms with van der Waals surface area (Å²) in [5.41, 5.74) is 0. The molecule has 0 radical (unpaired) electrons. The van der Waals surface area contributed by atoms with Crippen molar-refractivity contribution in [3.05, 3.63) is 0 Å². The molecule has 0 saturated carbocycles. The first kappa shape index (κ1) is 9.05. The second-order valence-electron chi connectivity index (χ2n) is 3.28. The summed E-state index contributed by atoms with van der Waals surface area (Å²) in [6.07, 6.45) is 0. The van der Waals surface area contributed by atoms with Crippen molar-refractivity contribution >= 4 is 28.3 Å². The van der Waals surface area contributed by atoms with Gasteiger partial charge in [-0.3, -0.25) is 0 Å². The maximum atomic E-state index is 5.81. The van der Waals surface area contributed by atoms with E-state index >= 15 is 0 Å². The van der Waals surface area contributed by atoms with Crippen LogP contribution in [0.2, 0.25) is 28.8 Å². The first-order valence-corrected chi connectivity index (χ1v) is 16.1. The van der Waals surface area contributed by atoms with Crippen molar-refractivity contribution in [2.24, 2.45) is 0 Å². The number of hydrogen-bond acceptors (Lipinski definition) is 1. The molecule has 0 heterocycles. The van der Waals surface area contributed by atoms with E-state index in [1.165, 1.54) is 0 Å². The van der Waals surface area contributed by atoms with E-state index in [2.05, 4.69) is 28.8 Å². The molecule has 0 unspecified atom stereocenters. The van der Waals surface area contributed by atoms with Crippen LogP contribution < -0.4 is 0 Å². The summed E-state index contributed by atoms with van der Waals surface area (Å²) in [5.74, 6) is 11.5. The molecule has 0 aromatic heterocycles. The number of hydrogen-bond donors (Lipinski definition) is 0. The van der Waals surface area contributed by atoms with Crippen molar-refractivity contribution in [1.29, 1.82) is 0 Å². The van der Waals surface area contributed by atoms with Gasteiger partial charge in [0.2, 0.25) is 0 Å². The molecular weight excluding hydrogens is 221 g/mol. The van der Waals surface area contributed by atoms with Gasteiger partial charge in [0.25, 0.3) is 0 Å². The van der Waals surface area contributed by atoms with Gasteiger partial charge in [-0.2, -0.15) is 0 Å². The fourth-order valence-electron chi connectivity index (χ4n) is 0.707. The van der Waals surface area contributed by atoms with Gasteiger partial charge in [0.15, 0.2) is 0 Å². The molecule has 1 nitrogen and oxygen atoms in total. The predicted molar refractivity (Wildman–Crippen MR) is 43.3 cm³/mol. The topological polar surface area (TPSA) is 9.23 Å². The van der Waals surface area contributed by atoms with Crippen LogP contribution in [0.3, 0.4) is 0 Å². The van der Waals surface area contributed by atoms with Gasteiger partial charge in [0, 0.05) is 0 Å². The Bertz CT molecular complexity index is 65.3. The van der Waals surface area contributed by atoms with Crippen molar-refractivity contribution in [3.8, 4) is 0 Å². The van der Waals surface area contributed by atoms with E-state index in [1.54, 1.807) is 0 Å². The van der Waals surface area contributed by atoms with Gasteiger partial charge in [-0.25, -0.2) is 0 Å². The second kappa shape index (κ2) is 3.27. The van der Waals surface area contributed by atoms with Crippen LogP contribution in [0, 0.1) is 0 Å². The first-order valence-electron chi connectivity index (χ1n) is 3.09. The molecule has 0 bridgehead atoms. The van der Waals surface area contributed by atoms with E-state index in [-0.39, 0.29) is 0 Å². The average molecular weight is 237 g/mol. The summed E-state index contributed by atoms with van der Waals surface area (Å²) in [6.45, 7) is 0. The zero-order valence-electron chi connectivity index (χ0n) is 6.49. The van der Waals surface area contributed by atoms with Crippen LogP contribution in [0.25, 0.3) is 0 Å². The summed E-state index contributed by atoms with van der Waals surface area (Å²) in [4.78, 5) is 0. The van der Waals surface area contributed by atoms with Gasteiger partial charge in [0.05, 0.1) is 0 Å². The van der Waals surface area contributed by atoms with E-state index in [0.29, 0.717) is 0 Å². The summed E-state index contributed by atoms with van der Waals surface area (Å²) in [5, 5.41) is 0. The van der Waals surface area contributed by atoms with E-state index in [4.69, 9.17) is 2.79 Å². The monoisotopic (exact) mass is 240 g/mol. The Hall–Kier alpha value is 1.05. The molecule has 0 aliphatic rings. The van der Waals surface area contributed by atoms with Crippen molar-refractivity contribution in [2.45, 2.75) is 28.8 Å². The minimum absolute atomic E-state index is 1.11. The van der Waals surface area contributed by atoms with Crippen LogP contribution in [-0.2, 0) is 2.79 Å². The normalized spacial score (nSPS) is 12.8. The fourth-order valence-corrected chi connectivity index (χ4v) is 19.1. The van der Waals surface area contributed by atoms with E-state index < -0.39 is 28.3 Å².